The Hall–Kier alpha value is -6.30. The molecule has 0 saturated carbocycles. The average molecular weight is 749 g/mol. The van der Waals surface area contributed by atoms with Crippen LogP contribution < -0.4 is 48.7 Å². The number of hydrogen-bond donors (Lipinski definition) is 10. The van der Waals surface area contributed by atoms with E-state index in [1.54, 1.807) is 37.4 Å². The second-order valence-corrected chi connectivity index (χ2v) is 12.4. The number of nitrogens with one attached hydrogen (secondary N) is 8. The zero-order chi connectivity index (χ0) is 39.6. The monoisotopic (exact) mass is 748 g/mol. The summed E-state index contributed by atoms with van der Waals surface area (Å²) in [5.41, 5.74) is 13.9. The molecule has 8 amide bonds. The molecule has 0 bridgehead atoms. The highest BCUT2D eigenvalue weighted by Gasteiger charge is 2.26. The van der Waals surface area contributed by atoms with Crippen molar-refractivity contribution in [2.75, 3.05) is 26.2 Å². The van der Waals surface area contributed by atoms with E-state index in [1.807, 2.05) is 30.3 Å². The summed E-state index contributed by atoms with van der Waals surface area (Å²) in [4.78, 5) is 103. The van der Waals surface area contributed by atoms with Crippen LogP contribution in [0.3, 0.4) is 0 Å². The third kappa shape index (κ3) is 14.0. The Morgan fingerprint density at radius 2 is 1.31 bits per heavy atom. The molecule has 1 heterocycles. The highest BCUT2D eigenvalue weighted by Crippen LogP contribution is 2.19. The maximum absolute atomic E-state index is 13.1. The van der Waals surface area contributed by atoms with Gasteiger partial charge in [-0.1, -0.05) is 48.5 Å². The van der Waals surface area contributed by atoms with E-state index in [1.165, 1.54) is 6.92 Å². The molecule has 0 aliphatic carbocycles. The third-order valence-electron chi connectivity index (χ3n) is 8.13. The zero-order valence-electron chi connectivity index (χ0n) is 30.2. The van der Waals surface area contributed by atoms with E-state index in [4.69, 9.17) is 11.5 Å². The van der Waals surface area contributed by atoms with Gasteiger partial charge in [0.1, 0.15) is 24.2 Å². The first kappa shape index (κ1) is 42.1. The highest BCUT2D eigenvalue weighted by molar-refractivity contribution is 5.94. The molecule has 3 aromatic rings. The molecule has 0 spiro atoms. The molecule has 2 aromatic carbocycles. The van der Waals surface area contributed by atoms with Gasteiger partial charge in [-0.2, -0.15) is 0 Å². The van der Waals surface area contributed by atoms with E-state index < -0.39 is 84.5 Å². The highest BCUT2D eigenvalue weighted by atomic mass is 16.2. The first-order valence-corrected chi connectivity index (χ1v) is 17.4. The number of para-hydroxylation sites is 1. The number of carbonyl (C=O) groups is 8. The summed E-state index contributed by atoms with van der Waals surface area (Å²) in [6, 6.07) is 11.9. The van der Waals surface area contributed by atoms with Crippen molar-refractivity contribution in [3.8, 4) is 0 Å². The van der Waals surface area contributed by atoms with E-state index >= 15 is 0 Å². The second kappa shape index (κ2) is 21.3. The summed E-state index contributed by atoms with van der Waals surface area (Å²) < 4.78 is 0. The van der Waals surface area contributed by atoms with Gasteiger partial charge in [0.25, 0.3) is 0 Å². The summed E-state index contributed by atoms with van der Waals surface area (Å²) in [7, 11) is 0. The molecule has 12 N–H and O–H groups in total. The van der Waals surface area contributed by atoms with E-state index in [9.17, 15) is 38.4 Å². The Kier molecular flexibility index (Phi) is 16.6. The quantitative estimate of drug-likeness (QED) is 0.0551. The number of carbonyl (C=O) groups excluding carboxylic acids is 8. The molecular weight excluding hydrogens is 700 g/mol. The van der Waals surface area contributed by atoms with Crippen molar-refractivity contribution in [2.24, 2.45) is 11.5 Å². The third-order valence-corrected chi connectivity index (χ3v) is 8.13. The van der Waals surface area contributed by atoms with Crippen molar-refractivity contribution >= 4 is 58.2 Å². The fourth-order valence-corrected chi connectivity index (χ4v) is 5.31. The molecular formula is C36H48N10O8. The largest absolute Gasteiger partial charge is 0.368 e. The predicted octanol–water partition coefficient (Wildman–Crippen LogP) is -2.50. The molecule has 18 heteroatoms. The standard InChI is InChI=1S/C36H48N10O8/c1-3-39-36(54)29(15-22-9-5-4-6-10-22)45-32(50)20-43-35(53)27(44-31(49)19-40-21(2)47)13-14-30(48)42-18-25(37)34(52)46-28(33(38)51)16-23-17-41-26-12-8-7-11-24(23)26/h4-12,17,25,27-29,41H,3,13-16,18-20,37H2,1-2H3,(H2,38,51)(H,39,54)(H,40,47)(H,42,48)(H,43,53)(H,44,49)(H,45,50)(H,46,52)/t25-,27-,28-,29+/m0/s1. The van der Waals surface area contributed by atoms with Gasteiger partial charge in [-0.05, 0) is 30.5 Å². The normalized spacial score (nSPS) is 12.9. The summed E-state index contributed by atoms with van der Waals surface area (Å²) in [5, 5.41) is 18.3. The lowest BCUT2D eigenvalue weighted by Crippen LogP contribution is -2.54. The van der Waals surface area contributed by atoms with Crippen molar-refractivity contribution in [3.05, 3.63) is 71.9 Å². The van der Waals surface area contributed by atoms with Gasteiger partial charge in [0.2, 0.25) is 47.3 Å². The van der Waals surface area contributed by atoms with Crippen molar-refractivity contribution in [2.45, 2.75) is 63.7 Å². The number of aromatic nitrogens is 1. The maximum Gasteiger partial charge on any atom is 0.243 e. The van der Waals surface area contributed by atoms with Crippen LogP contribution >= 0.6 is 0 Å². The lowest BCUT2D eigenvalue weighted by Gasteiger charge is -2.21. The molecule has 0 unspecified atom stereocenters. The first-order valence-electron chi connectivity index (χ1n) is 17.4. The van der Waals surface area contributed by atoms with Crippen LogP contribution in [-0.2, 0) is 51.2 Å². The lowest BCUT2D eigenvalue weighted by atomic mass is 10.0. The van der Waals surface area contributed by atoms with Crippen molar-refractivity contribution in [1.82, 2.24) is 42.2 Å². The molecule has 4 atom stereocenters. The molecule has 1 aromatic heterocycles. The molecule has 0 saturated heterocycles. The fraction of sp³-hybridized carbons (Fsp3) is 0.389. The van der Waals surface area contributed by atoms with Crippen LogP contribution in [0.25, 0.3) is 10.9 Å². The number of nitrogens with two attached hydrogens (primary N) is 2. The number of rotatable bonds is 21. The van der Waals surface area contributed by atoms with E-state index in [-0.39, 0.29) is 32.2 Å². The summed E-state index contributed by atoms with van der Waals surface area (Å²) in [6.45, 7) is 1.95. The average Bonchev–Trinajstić information content (AvgIpc) is 3.56. The van der Waals surface area contributed by atoms with Gasteiger partial charge >= 0.3 is 0 Å². The van der Waals surface area contributed by atoms with Crippen LogP contribution in [0.2, 0.25) is 0 Å². The molecule has 0 aliphatic rings. The van der Waals surface area contributed by atoms with E-state index in [2.05, 4.69) is 42.2 Å². The molecule has 0 radical (unpaired) electrons. The number of hydrogen-bond acceptors (Lipinski definition) is 9. The van der Waals surface area contributed by atoms with Crippen molar-refractivity contribution in [1.29, 1.82) is 0 Å². The Morgan fingerprint density at radius 3 is 1.98 bits per heavy atom. The Bertz CT molecular complexity index is 1800. The number of amides is 8. The minimum atomic E-state index is -1.31. The predicted molar refractivity (Wildman–Crippen MR) is 198 cm³/mol. The second-order valence-electron chi connectivity index (χ2n) is 12.4. The minimum absolute atomic E-state index is 0.103. The number of fused-ring (bicyclic) bond motifs is 1. The molecule has 18 nitrogen and oxygen atoms in total. The van der Waals surface area contributed by atoms with Gasteiger partial charge in [-0.15, -0.1) is 0 Å². The summed E-state index contributed by atoms with van der Waals surface area (Å²) in [5.74, 6) is -5.26. The number of H-pyrrole nitrogens is 1. The van der Waals surface area contributed by atoms with Crippen molar-refractivity contribution < 1.29 is 38.4 Å². The number of benzene rings is 2. The minimum Gasteiger partial charge on any atom is -0.368 e. The fourth-order valence-electron chi connectivity index (χ4n) is 5.31. The van der Waals surface area contributed by atoms with E-state index in [0.717, 1.165) is 22.0 Å². The van der Waals surface area contributed by atoms with Gasteiger partial charge in [0.15, 0.2) is 0 Å². The maximum atomic E-state index is 13.1. The van der Waals surface area contributed by atoms with Crippen LogP contribution in [-0.4, -0.2) is 103 Å². The molecule has 0 aliphatic heterocycles. The Labute approximate surface area is 311 Å². The Morgan fingerprint density at radius 1 is 0.685 bits per heavy atom. The smallest absolute Gasteiger partial charge is 0.243 e. The molecule has 290 valence electrons. The SMILES string of the molecule is CCNC(=O)[C@@H](Cc1ccccc1)NC(=O)CNC(=O)[C@H](CCC(=O)NC[C@H](N)C(=O)N[C@@H](Cc1c[nH]c2ccccc12)C(N)=O)NC(=O)CNC(C)=O. The number of primary amides is 1. The zero-order valence-corrected chi connectivity index (χ0v) is 30.2. The van der Waals surface area contributed by atoms with Crippen molar-refractivity contribution in [3.63, 3.8) is 0 Å². The molecule has 54 heavy (non-hydrogen) atoms. The van der Waals surface area contributed by atoms with E-state index in [0.29, 0.717) is 6.54 Å². The summed E-state index contributed by atoms with van der Waals surface area (Å²) in [6.07, 6.45) is 1.46. The first-order chi connectivity index (χ1) is 25.8. The van der Waals surface area contributed by atoms with Crippen LogP contribution in [0.15, 0.2) is 60.8 Å². The van der Waals surface area contributed by atoms with Crippen LogP contribution in [0, 0.1) is 0 Å². The van der Waals surface area contributed by atoms with Crippen LogP contribution in [0.5, 0.6) is 0 Å². The lowest BCUT2D eigenvalue weighted by molar-refractivity contribution is -0.132. The topological polar surface area (TPSA) is 289 Å². The Balaban J connectivity index is 1.54. The summed E-state index contributed by atoms with van der Waals surface area (Å²) >= 11 is 0. The van der Waals surface area contributed by atoms with Gasteiger partial charge in [0, 0.05) is 56.4 Å². The van der Waals surface area contributed by atoms with Crippen LogP contribution in [0.1, 0.15) is 37.8 Å². The van der Waals surface area contributed by atoms with Crippen LogP contribution in [0.4, 0.5) is 0 Å². The number of aromatic amines is 1. The number of likely N-dealkylation sites (N-methyl/N-ethyl adjacent to an activating group) is 1. The van der Waals surface area contributed by atoms with Gasteiger partial charge in [-0.25, -0.2) is 0 Å². The molecule has 0 fully saturated rings. The van der Waals surface area contributed by atoms with Gasteiger partial charge in [0.05, 0.1) is 13.1 Å². The van der Waals surface area contributed by atoms with Gasteiger partial charge < -0.3 is 53.7 Å². The van der Waals surface area contributed by atoms with Gasteiger partial charge in [-0.3, -0.25) is 38.4 Å². The molecule has 3 rings (SSSR count).